The SMILES string of the molecule is CCOc1ccc(N(CC(=O)N(Cc2ccc(C)cc2)[C@H](CC)C(=O)NC2CCCC2)S(=O)(=O)c2ccc(F)cc2)cc1. The molecular weight excluding hydrogens is 569 g/mol. The molecule has 0 heterocycles. The summed E-state index contributed by atoms with van der Waals surface area (Å²) in [7, 11) is -4.30. The van der Waals surface area contributed by atoms with Gasteiger partial charge in [-0.05, 0) is 87.2 Å². The summed E-state index contributed by atoms with van der Waals surface area (Å²) in [5, 5.41) is 3.11. The second-order valence-electron chi connectivity index (χ2n) is 10.8. The van der Waals surface area contributed by atoms with E-state index in [1.807, 2.05) is 45.0 Å². The fourth-order valence-corrected chi connectivity index (χ4v) is 6.73. The molecule has 0 radical (unpaired) electrons. The summed E-state index contributed by atoms with van der Waals surface area (Å²) in [4.78, 5) is 29.0. The van der Waals surface area contributed by atoms with E-state index in [1.54, 1.807) is 24.3 Å². The molecule has 1 aliphatic rings. The maximum Gasteiger partial charge on any atom is 0.264 e. The molecule has 3 aromatic carbocycles. The van der Waals surface area contributed by atoms with Gasteiger partial charge in [-0.25, -0.2) is 12.8 Å². The number of ether oxygens (including phenoxy) is 1. The highest BCUT2D eigenvalue weighted by Crippen LogP contribution is 2.27. The van der Waals surface area contributed by atoms with Crippen LogP contribution in [0.1, 0.15) is 57.1 Å². The molecule has 0 aromatic heterocycles. The lowest BCUT2D eigenvalue weighted by atomic mass is 10.1. The zero-order valence-corrected chi connectivity index (χ0v) is 25.8. The number of hydrogen-bond acceptors (Lipinski definition) is 5. The molecule has 0 spiro atoms. The zero-order chi connectivity index (χ0) is 31.0. The van der Waals surface area contributed by atoms with Gasteiger partial charge < -0.3 is 15.0 Å². The first-order chi connectivity index (χ1) is 20.6. The first kappa shape index (κ1) is 32.0. The monoisotopic (exact) mass is 609 g/mol. The van der Waals surface area contributed by atoms with Gasteiger partial charge in [0.15, 0.2) is 0 Å². The van der Waals surface area contributed by atoms with Gasteiger partial charge in [0.25, 0.3) is 10.0 Å². The van der Waals surface area contributed by atoms with Gasteiger partial charge in [-0.3, -0.25) is 13.9 Å². The fourth-order valence-electron chi connectivity index (χ4n) is 5.32. The van der Waals surface area contributed by atoms with Crippen LogP contribution in [0.25, 0.3) is 0 Å². The van der Waals surface area contributed by atoms with E-state index in [9.17, 15) is 22.4 Å². The van der Waals surface area contributed by atoms with Gasteiger partial charge in [0.05, 0.1) is 17.2 Å². The molecule has 2 amide bonds. The van der Waals surface area contributed by atoms with Crippen molar-refractivity contribution in [1.82, 2.24) is 10.2 Å². The van der Waals surface area contributed by atoms with Crippen molar-refractivity contribution in [2.24, 2.45) is 0 Å². The summed E-state index contributed by atoms with van der Waals surface area (Å²) in [6.45, 7) is 5.65. The van der Waals surface area contributed by atoms with Crippen LogP contribution in [-0.4, -0.2) is 50.4 Å². The Morgan fingerprint density at radius 2 is 1.58 bits per heavy atom. The number of carbonyl (C=O) groups is 2. The van der Waals surface area contributed by atoms with E-state index < -0.39 is 34.3 Å². The quantitative estimate of drug-likeness (QED) is 0.273. The minimum atomic E-state index is -4.30. The van der Waals surface area contributed by atoms with Crippen molar-refractivity contribution in [1.29, 1.82) is 0 Å². The van der Waals surface area contributed by atoms with Crippen molar-refractivity contribution in [2.75, 3.05) is 17.5 Å². The molecule has 230 valence electrons. The molecule has 1 fully saturated rings. The highest BCUT2D eigenvalue weighted by molar-refractivity contribution is 7.92. The third kappa shape index (κ3) is 8.13. The Morgan fingerprint density at radius 1 is 0.953 bits per heavy atom. The molecule has 1 atom stereocenters. The average molecular weight is 610 g/mol. The van der Waals surface area contributed by atoms with Gasteiger partial charge in [0.2, 0.25) is 11.8 Å². The van der Waals surface area contributed by atoms with Gasteiger partial charge in [0, 0.05) is 12.6 Å². The van der Waals surface area contributed by atoms with Crippen molar-refractivity contribution < 1.29 is 27.1 Å². The number of anilines is 1. The number of aryl methyl sites for hydroxylation is 1. The number of carbonyl (C=O) groups excluding carboxylic acids is 2. The highest BCUT2D eigenvalue weighted by atomic mass is 32.2. The van der Waals surface area contributed by atoms with Crippen LogP contribution in [0.3, 0.4) is 0 Å². The van der Waals surface area contributed by atoms with E-state index in [1.165, 1.54) is 17.0 Å². The van der Waals surface area contributed by atoms with Crippen LogP contribution < -0.4 is 14.4 Å². The Kier molecular flexibility index (Phi) is 10.8. The number of benzene rings is 3. The molecule has 1 N–H and O–H groups in total. The van der Waals surface area contributed by atoms with Crippen LogP contribution in [0.15, 0.2) is 77.7 Å². The Balaban J connectivity index is 1.71. The molecule has 4 rings (SSSR count). The summed E-state index contributed by atoms with van der Waals surface area (Å²) < 4.78 is 48.1. The van der Waals surface area contributed by atoms with Gasteiger partial charge in [-0.1, -0.05) is 49.6 Å². The summed E-state index contributed by atoms with van der Waals surface area (Å²) in [5.74, 6) is -0.809. The van der Waals surface area contributed by atoms with Gasteiger partial charge in [-0.15, -0.1) is 0 Å². The maximum atomic E-state index is 14.2. The Hall–Kier alpha value is -3.92. The molecular formula is C33H40FN3O5S. The number of halogens is 1. The largest absolute Gasteiger partial charge is 0.494 e. The van der Waals surface area contributed by atoms with Crippen molar-refractivity contribution in [3.8, 4) is 5.75 Å². The third-order valence-corrected chi connectivity index (χ3v) is 9.47. The Labute approximate surface area is 253 Å². The van der Waals surface area contributed by atoms with E-state index in [2.05, 4.69) is 5.32 Å². The van der Waals surface area contributed by atoms with E-state index in [4.69, 9.17) is 4.74 Å². The number of nitrogens with one attached hydrogen (secondary N) is 1. The molecule has 3 aromatic rings. The van der Waals surface area contributed by atoms with Crippen molar-refractivity contribution in [3.63, 3.8) is 0 Å². The first-order valence-electron chi connectivity index (χ1n) is 14.8. The Bertz CT molecular complexity index is 1470. The lowest BCUT2D eigenvalue weighted by Crippen LogP contribution is -2.53. The number of nitrogens with zero attached hydrogens (tertiary/aromatic N) is 2. The molecule has 1 saturated carbocycles. The molecule has 0 saturated heterocycles. The molecule has 0 aliphatic heterocycles. The third-order valence-electron chi connectivity index (χ3n) is 7.68. The second-order valence-corrected chi connectivity index (χ2v) is 12.7. The fraction of sp³-hybridized carbons (Fsp3) is 0.394. The van der Waals surface area contributed by atoms with Crippen LogP contribution in [-0.2, 0) is 26.2 Å². The topological polar surface area (TPSA) is 96.0 Å². The number of sulfonamides is 1. The van der Waals surface area contributed by atoms with Crippen LogP contribution in [0.5, 0.6) is 5.75 Å². The minimum Gasteiger partial charge on any atom is -0.494 e. The van der Waals surface area contributed by atoms with Gasteiger partial charge >= 0.3 is 0 Å². The van der Waals surface area contributed by atoms with E-state index in [0.717, 1.165) is 53.2 Å². The van der Waals surface area contributed by atoms with E-state index in [0.29, 0.717) is 18.8 Å². The van der Waals surface area contributed by atoms with E-state index in [-0.39, 0.29) is 29.1 Å². The molecule has 0 bridgehead atoms. The number of rotatable bonds is 13. The molecule has 0 unspecified atom stereocenters. The molecule has 8 nitrogen and oxygen atoms in total. The average Bonchev–Trinajstić information content (AvgIpc) is 3.50. The maximum absolute atomic E-state index is 14.2. The Morgan fingerprint density at radius 3 is 2.16 bits per heavy atom. The van der Waals surface area contributed by atoms with Crippen molar-refractivity contribution >= 4 is 27.5 Å². The summed E-state index contributed by atoms with van der Waals surface area (Å²) in [5.41, 5.74) is 2.11. The normalized spacial score (nSPS) is 14.2. The number of amides is 2. The lowest BCUT2D eigenvalue weighted by Gasteiger charge is -2.33. The predicted molar refractivity (Wildman–Crippen MR) is 165 cm³/mol. The first-order valence-corrected chi connectivity index (χ1v) is 16.2. The zero-order valence-electron chi connectivity index (χ0n) is 25.0. The van der Waals surface area contributed by atoms with Crippen LogP contribution >= 0.6 is 0 Å². The molecule has 10 heteroatoms. The lowest BCUT2D eigenvalue weighted by molar-refractivity contribution is -0.140. The minimum absolute atomic E-state index is 0.0667. The highest BCUT2D eigenvalue weighted by Gasteiger charge is 2.34. The van der Waals surface area contributed by atoms with Gasteiger partial charge in [-0.2, -0.15) is 0 Å². The molecule has 43 heavy (non-hydrogen) atoms. The smallest absolute Gasteiger partial charge is 0.264 e. The molecule has 1 aliphatic carbocycles. The van der Waals surface area contributed by atoms with Crippen molar-refractivity contribution in [2.45, 2.75) is 76.4 Å². The number of hydrogen-bond donors (Lipinski definition) is 1. The van der Waals surface area contributed by atoms with Crippen LogP contribution in [0.2, 0.25) is 0 Å². The second kappa shape index (κ2) is 14.5. The van der Waals surface area contributed by atoms with Crippen LogP contribution in [0.4, 0.5) is 10.1 Å². The summed E-state index contributed by atoms with van der Waals surface area (Å²) in [6.07, 6.45) is 4.24. The van der Waals surface area contributed by atoms with Gasteiger partial charge in [0.1, 0.15) is 24.2 Å². The standard InChI is InChI=1S/C33H40FN3O5S/c1-4-31(33(39)35-27-8-6-7-9-27)36(22-25-12-10-24(3)11-13-25)32(38)23-37(28-16-18-29(19-17-28)42-5-2)43(40,41)30-20-14-26(34)15-21-30/h10-21,27,31H,4-9,22-23H2,1-3H3,(H,35,39)/t31-/m1/s1. The van der Waals surface area contributed by atoms with Crippen LogP contribution in [0, 0.1) is 12.7 Å². The van der Waals surface area contributed by atoms with Crippen molar-refractivity contribution in [3.05, 3.63) is 89.7 Å². The summed E-state index contributed by atoms with van der Waals surface area (Å²) in [6, 6.07) is 17.8. The summed E-state index contributed by atoms with van der Waals surface area (Å²) >= 11 is 0. The van der Waals surface area contributed by atoms with E-state index >= 15 is 0 Å². The predicted octanol–water partition coefficient (Wildman–Crippen LogP) is 5.59.